The monoisotopic (exact) mass is 345 g/mol. The molecule has 0 atom stereocenters. The highest BCUT2D eigenvalue weighted by Gasteiger charge is 2.19. The summed E-state index contributed by atoms with van der Waals surface area (Å²) in [5.41, 5.74) is 0.656. The highest BCUT2D eigenvalue weighted by Crippen LogP contribution is 2.29. The lowest BCUT2D eigenvalue weighted by molar-refractivity contribution is -0.384. The van der Waals surface area contributed by atoms with E-state index in [1.165, 1.54) is 37.4 Å². The zero-order valence-electron chi connectivity index (χ0n) is 13.4. The van der Waals surface area contributed by atoms with Gasteiger partial charge in [-0.25, -0.2) is 0 Å². The van der Waals surface area contributed by atoms with Crippen LogP contribution in [-0.2, 0) is 9.59 Å². The molecule has 0 aliphatic rings. The predicted octanol–water partition coefficient (Wildman–Crippen LogP) is 2.19. The molecular weight excluding hydrogens is 330 g/mol. The van der Waals surface area contributed by atoms with Crippen LogP contribution in [0.15, 0.2) is 36.4 Å². The summed E-state index contributed by atoms with van der Waals surface area (Å²) in [6.45, 7) is 1.65. The van der Waals surface area contributed by atoms with E-state index in [2.05, 4.69) is 10.6 Å². The van der Waals surface area contributed by atoms with Gasteiger partial charge in [0.25, 0.3) is 5.69 Å². The number of carbonyl (C=O) groups excluding carboxylic acids is 2. The summed E-state index contributed by atoms with van der Waals surface area (Å²) in [6, 6.07) is 7.87. The van der Waals surface area contributed by atoms with Gasteiger partial charge in [0.2, 0.25) is 0 Å². The summed E-state index contributed by atoms with van der Waals surface area (Å²) >= 11 is 0. The first kappa shape index (κ1) is 17.7. The van der Waals surface area contributed by atoms with Crippen molar-refractivity contribution < 1.29 is 24.4 Å². The Morgan fingerprint density at radius 1 is 1.08 bits per heavy atom. The average molecular weight is 345 g/mol. The number of benzene rings is 2. The smallest absolute Gasteiger partial charge is 0.314 e. The van der Waals surface area contributed by atoms with Gasteiger partial charge in [-0.15, -0.1) is 0 Å². The Balaban J connectivity index is 2.17. The summed E-state index contributed by atoms with van der Waals surface area (Å²) in [5, 5.41) is 24.8. The standard InChI is InChI=1S/C16H15N3O6/c1-9-7-11(20)4-5-12(9)17-15(21)16(22)18-13-8-10(19(23)24)3-6-14(13)25-2/h3-8,20H,1-2H3,(H,17,21)(H,18,22). The van der Waals surface area contributed by atoms with Gasteiger partial charge < -0.3 is 20.5 Å². The fourth-order valence-electron chi connectivity index (χ4n) is 2.05. The Morgan fingerprint density at radius 3 is 2.28 bits per heavy atom. The Labute approximate surface area is 142 Å². The number of nitrogens with zero attached hydrogens (tertiary/aromatic N) is 1. The Bertz CT molecular complexity index is 850. The SMILES string of the molecule is COc1ccc([N+](=O)[O-])cc1NC(=O)C(=O)Nc1ccc(O)cc1C. The molecule has 0 aromatic heterocycles. The van der Waals surface area contributed by atoms with Gasteiger partial charge in [-0.05, 0) is 36.8 Å². The zero-order chi connectivity index (χ0) is 18.6. The van der Waals surface area contributed by atoms with Crippen LogP contribution in [0.3, 0.4) is 0 Å². The van der Waals surface area contributed by atoms with Crippen LogP contribution in [0.4, 0.5) is 17.1 Å². The lowest BCUT2D eigenvalue weighted by atomic mass is 10.2. The minimum absolute atomic E-state index is 0.000668. The second-order valence-corrected chi connectivity index (χ2v) is 5.05. The molecule has 0 saturated heterocycles. The first-order chi connectivity index (χ1) is 11.8. The van der Waals surface area contributed by atoms with E-state index < -0.39 is 16.7 Å². The Hall–Kier alpha value is -3.62. The van der Waals surface area contributed by atoms with E-state index in [4.69, 9.17) is 4.74 Å². The number of methoxy groups -OCH3 is 1. The molecule has 0 aliphatic heterocycles. The van der Waals surface area contributed by atoms with Gasteiger partial charge >= 0.3 is 11.8 Å². The molecule has 0 saturated carbocycles. The number of carbonyl (C=O) groups is 2. The molecule has 3 N–H and O–H groups in total. The molecule has 0 bridgehead atoms. The average Bonchev–Trinajstić information content (AvgIpc) is 2.57. The van der Waals surface area contributed by atoms with Gasteiger partial charge in [0, 0.05) is 17.8 Å². The van der Waals surface area contributed by atoms with Gasteiger partial charge in [-0.1, -0.05) is 0 Å². The van der Waals surface area contributed by atoms with Gasteiger partial charge in [-0.2, -0.15) is 0 Å². The van der Waals surface area contributed by atoms with Crippen molar-refractivity contribution in [3.05, 3.63) is 52.1 Å². The number of rotatable bonds is 4. The molecule has 2 amide bonds. The lowest BCUT2D eigenvalue weighted by Crippen LogP contribution is -2.29. The number of amides is 2. The number of anilines is 2. The molecule has 130 valence electrons. The first-order valence-electron chi connectivity index (χ1n) is 7.06. The molecule has 0 unspecified atom stereocenters. The van der Waals surface area contributed by atoms with Gasteiger partial charge in [0.05, 0.1) is 17.7 Å². The van der Waals surface area contributed by atoms with E-state index >= 15 is 0 Å². The summed E-state index contributed by atoms with van der Waals surface area (Å²) in [7, 11) is 1.33. The molecule has 9 nitrogen and oxygen atoms in total. The third kappa shape index (κ3) is 4.22. The normalized spacial score (nSPS) is 10.0. The van der Waals surface area contributed by atoms with E-state index in [9.17, 15) is 24.8 Å². The molecule has 2 aromatic rings. The summed E-state index contributed by atoms with van der Waals surface area (Å²) in [5.74, 6) is -1.79. The molecule has 0 radical (unpaired) electrons. The van der Waals surface area contributed by atoms with E-state index in [1.807, 2.05) is 0 Å². The second-order valence-electron chi connectivity index (χ2n) is 5.05. The van der Waals surface area contributed by atoms with Crippen molar-refractivity contribution in [1.82, 2.24) is 0 Å². The van der Waals surface area contributed by atoms with E-state index in [-0.39, 0.29) is 22.9 Å². The van der Waals surface area contributed by atoms with Crippen molar-refractivity contribution in [2.45, 2.75) is 6.92 Å². The highest BCUT2D eigenvalue weighted by atomic mass is 16.6. The second kappa shape index (κ2) is 7.30. The molecule has 0 aliphatic carbocycles. The third-order valence-electron chi connectivity index (χ3n) is 3.31. The van der Waals surface area contributed by atoms with Gasteiger partial charge in [0.15, 0.2) is 0 Å². The largest absolute Gasteiger partial charge is 0.508 e. The number of non-ortho nitro benzene ring substituents is 1. The van der Waals surface area contributed by atoms with Crippen LogP contribution in [0.1, 0.15) is 5.56 Å². The number of hydrogen-bond acceptors (Lipinski definition) is 6. The van der Waals surface area contributed by atoms with Crippen molar-refractivity contribution in [1.29, 1.82) is 0 Å². The molecule has 25 heavy (non-hydrogen) atoms. The lowest BCUT2D eigenvalue weighted by Gasteiger charge is -2.11. The van der Waals surface area contributed by atoms with E-state index in [0.29, 0.717) is 11.3 Å². The molecule has 9 heteroatoms. The van der Waals surface area contributed by atoms with Crippen LogP contribution in [0.5, 0.6) is 11.5 Å². The predicted molar refractivity (Wildman–Crippen MR) is 89.8 cm³/mol. The number of hydrogen-bond donors (Lipinski definition) is 3. The summed E-state index contributed by atoms with van der Waals surface area (Å²) in [6.07, 6.45) is 0. The maximum Gasteiger partial charge on any atom is 0.314 e. The number of phenols is 1. The Kier molecular flexibility index (Phi) is 5.18. The number of aromatic hydroxyl groups is 1. The number of ether oxygens (including phenoxy) is 1. The van der Waals surface area contributed by atoms with E-state index in [0.717, 1.165) is 6.07 Å². The number of nitro benzene ring substituents is 1. The Morgan fingerprint density at radius 2 is 1.72 bits per heavy atom. The van der Waals surface area contributed by atoms with Crippen LogP contribution < -0.4 is 15.4 Å². The molecule has 0 spiro atoms. The van der Waals surface area contributed by atoms with Crippen molar-refractivity contribution in [2.75, 3.05) is 17.7 Å². The highest BCUT2D eigenvalue weighted by molar-refractivity contribution is 6.43. The maximum atomic E-state index is 12.0. The quantitative estimate of drug-likeness (QED) is 0.337. The van der Waals surface area contributed by atoms with Crippen molar-refractivity contribution >= 4 is 28.9 Å². The molecule has 2 aromatic carbocycles. The molecular formula is C16H15N3O6. The number of aryl methyl sites for hydroxylation is 1. The molecule has 0 heterocycles. The third-order valence-corrected chi connectivity index (χ3v) is 3.31. The van der Waals surface area contributed by atoms with E-state index in [1.54, 1.807) is 6.92 Å². The van der Waals surface area contributed by atoms with Crippen LogP contribution in [0, 0.1) is 17.0 Å². The van der Waals surface area contributed by atoms with Crippen LogP contribution in [0.2, 0.25) is 0 Å². The van der Waals surface area contributed by atoms with Crippen molar-refractivity contribution in [3.63, 3.8) is 0 Å². The minimum atomic E-state index is -1.02. The molecule has 0 fully saturated rings. The van der Waals surface area contributed by atoms with Crippen molar-refractivity contribution in [2.24, 2.45) is 0 Å². The van der Waals surface area contributed by atoms with Crippen molar-refractivity contribution in [3.8, 4) is 11.5 Å². The minimum Gasteiger partial charge on any atom is -0.508 e. The summed E-state index contributed by atoms with van der Waals surface area (Å²) < 4.78 is 5.01. The zero-order valence-corrected chi connectivity index (χ0v) is 13.4. The number of nitro groups is 1. The fraction of sp³-hybridized carbons (Fsp3) is 0.125. The fourth-order valence-corrected chi connectivity index (χ4v) is 2.05. The van der Waals surface area contributed by atoms with Gasteiger partial charge in [0.1, 0.15) is 11.5 Å². The van der Waals surface area contributed by atoms with Gasteiger partial charge in [-0.3, -0.25) is 19.7 Å². The topological polar surface area (TPSA) is 131 Å². The van der Waals surface area contributed by atoms with Crippen LogP contribution in [0.25, 0.3) is 0 Å². The van der Waals surface area contributed by atoms with Crippen LogP contribution >= 0.6 is 0 Å². The number of nitrogens with one attached hydrogen (secondary N) is 2. The van der Waals surface area contributed by atoms with Crippen LogP contribution in [-0.4, -0.2) is 29.0 Å². The maximum absolute atomic E-state index is 12.0. The summed E-state index contributed by atoms with van der Waals surface area (Å²) in [4.78, 5) is 34.3. The molecule has 2 rings (SSSR count). The number of phenolic OH excluding ortho intramolecular Hbond substituents is 1. The first-order valence-corrected chi connectivity index (χ1v) is 7.06.